The molecule has 1 atom stereocenters. The minimum Gasteiger partial charge on any atom is -0.469 e. The predicted molar refractivity (Wildman–Crippen MR) is 82.3 cm³/mol. The summed E-state index contributed by atoms with van der Waals surface area (Å²) in [7, 11) is 1.36. The maximum absolute atomic E-state index is 12.5. The molecule has 22 heavy (non-hydrogen) atoms. The average molecular weight is 305 g/mol. The highest BCUT2D eigenvalue weighted by atomic mass is 16.5. The van der Waals surface area contributed by atoms with Crippen molar-refractivity contribution in [1.29, 1.82) is 0 Å². The summed E-state index contributed by atoms with van der Waals surface area (Å²) in [6, 6.07) is 9.63. The first-order valence-electron chi connectivity index (χ1n) is 7.69. The molecule has 1 unspecified atom stereocenters. The van der Waals surface area contributed by atoms with Crippen LogP contribution < -0.4 is 0 Å². The first-order valence-corrected chi connectivity index (χ1v) is 7.69. The van der Waals surface area contributed by atoms with Crippen molar-refractivity contribution in [3.8, 4) is 0 Å². The number of hydrogen-bond acceptors (Lipinski definition) is 4. The van der Waals surface area contributed by atoms with Gasteiger partial charge in [0.05, 0.1) is 26.1 Å². The molecule has 1 aromatic rings. The summed E-state index contributed by atoms with van der Waals surface area (Å²) < 4.78 is 10.3. The highest BCUT2D eigenvalue weighted by Crippen LogP contribution is 2.14. The number of methoxy groups -OCH3 is 1. The van der Waals surface area contributed by atoms with Crippen molar-refractivity contribution in [1.82, 2.24) is 4.90 Å². The number of amides is 1. The molecule has 1 aliphatic heterocycles. The number of nitrogens with zero attached hydrogens (tertiary/aromatic N) is 1. The van der Waals surface area contributed by atoms with Crippen LogP contribution in [-0.2, 0) is 25.5 Å². The molecule has 0 spiro atoms. The molecule has 1 aliphatic rings. The first kappa shape index (κ1) is 16.5. The van der Waals surface area contributed by atoms with E-state index in [4.69, 9.17) is 4.74 Å². The van der Waals surface area contributed by atoms with Gasteiger partial charge in [-0.3, -0.25) is 9.59 Å². The van der Waals surface area contributed by atoms with Gasteiger partial charge in [0.15, 0.2) is 0 Å². The Bertz CT molecular complexity index is 483. The van der Waals surface area contributed by atoms with E-state index in [2.05, 4.69) is 4.74 Å². The summed E-state index contributed by atoms with van der Waals surface area (Å²) in [5.74, 6) is -0.282. The van der Waals surface area contributed by atoms with Gasteiger partial charge in [-0.25, -0.2) is 0 Å². The van der Waals surface area contributed by atoms with Gasteiger partial charge in [-0.15, -0.1) is 0 Å². The predicted octanol–water partition coefficient (Wildman–Crippen LogP) is 1.80. The Kier molecular flexibility index (Phi) is 6.40. The zero-order valence-electron chi connectivity index (χ0n) is 13.0. The van der Waals surface area contributed by atoms with E-state index in [1.165, 1.54) is 7.11 Å². The molecule has 2 rings (SSSR count). The number of benzene rings is 1. The van der Waals surface area contributed by atoms with E-state index >= 15 is 0 Å². The Morgan fingerprint density at radius 3 is 2.73 bits per heavy atom. The third-order valence-electron chi connectivity index (χ3n) is 3.81. The van der Waals surface area contributed by atoms with E-state index in [0.717, 1.165) is 25.0 Å². The lowest BCUT2D eigenvalue weighted by molar-refractivity contribution is -0.142. The van der Waals surface area contributed by atoms with E-state index in [1.807, 2.05) is 30.3 Å². The van der Waals surface area contributed by atoms with Crippen LogP contribution in [0.25, 0.3) is 0 Å². The van der Waals surface area contributed by atoms with Crippen LogP contribution in [0, 0.1) is 0 Å². The normalized spacial score (nSPS) is 17.2. The van der Waals surface area contributed by atoms with Crippen molar-refractivity contribution >= 4 is 11.9 Å². The Morgan fingerprint density at radius 1 is 1.32 bits per heavy atom. The molecule has 0 aromatic heterocycles. The van der Waals surface area contributed by atoms with E-state index in [-0.39, 0.29) is 24.4 Å². The highest BCUT2D eigenvalue weighted by molar-refractivity contribution is 5.79. The second-order valence-electron chi connectivity index (χ2n) is 5.46. The fourth-order valence-electron chi connectivity index (χ4n) is 2.56. The topological polar surface area (TPSA) is 55.8 Å². The summed E-state index contributed by atoms with van der Waals surface area (Å²) in [5.41, 5.74) is 0.975. The second-order valence-corrected chi connectivity index (χ2v) is 5.46. The van der Waals surface area contributed by atoms with Crippen LogP contribution in [0.15, 0.2) is 30.3 Å². The standard InChI is InChI=1S/C17H23NO4/c1-21-17(20)9-10-18(13-15-8-5-11-22-15)16(19)12-14-6-3-2-4-7-14/h2-4,6-7,15H,5,8-13H2,1H3. The van der Waals surface area contributed by atoms with E-state index in [1.54, 1.807) is 4.90 Å². The van der Waals surface area contributed by atoms with Crippen molar-refractivity contribution in [3.05, 3.63) is 35.9 Å². The van der Waals surface area contributed by atoms with Gasteiger partial charge in [-0.1, -0.05) is 30.3 Å². The molecular weight excluding hydrogens is 282 g/mol. The largest absolute Gasteiger partial charge is 0.469 e. The number of esters is 1. The Balaban J connectivity index is 1.94. The van der Waals surface area contributed by atoms with Gasteiger partial charge in [-0.05, 0) is 18.4 Å². The van der Waals surface area contributed by atoms with Gasteiger partial charge in [0.1, 0.15) is 0 Å². The minimum absolute atomic E-state index is 0.0191. The summed E-state index contributed by atoms with van der Waals surface area (Å²) in [4.78, 5) is 25.6. The number of carbonyl (C=O) groups is 2. The van der Waals surface area contributed by atoms with Crippen LogP contribution in [0.1, 0.15) is 24.8 Å². The summed E-state index contributed by atoms with van der Waals surface area (Å²) in [6.45, 7) is 1.67. The van der Waals surface area contributed by atoms with E-state index < -0.39 is 0 Å². The van der Waals surface area contributed by atoms with Crippen LogP contribution in [-0.4, -0.2) is 49.7 Å². The lowest BCUT2D eigenvalue weighted by atomic mass is 10.1. The summed E-state index contributed by atoms with van der Waals surface area (Å²) in [5, 5.41) is 0. The van der Waals surface area contributed by atoms with Crippen LogP contribution in [0.3, 0.4) is 0 Å². The molecule has 0 bridgehead atoms. The molecule has 5 heteroatoms. The molecule has 1 aromatic carbocycles. The van der Waals surface area contributed by atoms with Crippen LogP contribution in [0.4, 0.5) is 0 Å². The number of carbonyl (C=O) groups excluding carboxylic acids is 2. The fourth-order valence-corrected chi connectivity index (χ4v) is 2.56. The molecule has 0 saturated carbocycles. The lowest BCUT2D eigenvalue weighted by Crippen LogP contribution is -2.39. The molecule has 0 aliphatic carbocycles. The van der Waals surface area contributed by atoms with Gasteiger partial charge in [0, 0.05) is 19.7 Å². The van der Waals surface area contributed by atoms with Crippen molar-refractivity contribution < 1.29 is 19.1 Å². The van der Waals surface area contributed by atoms with Gasteiger partial charge in [0.2, 0.25) is 5.91 Å². The SMILES string of the molecule is COC(=O)CCN(CC1CCCO1)C(=O)Cc1ccccc1. The van der Waals surface area contributed by atoms with Crippen molar-refractivity contribution in [2.24, 2.45) is 0 Å². The van der Waals surface area contributed by atoms with E-state index in [9.17, 15) is 9.59 Å². The maximum atomic E-state index is 12.5. The molecule has 1 fully saturated rings. The van der Waals surface area contributed by atoms with E-state index in [0.29, 0.717) is 19.5 Å². The third-order valence-corrected chi connectivity index (χ3v) is 3.81. The number of rotatable bonds is 7. The molecule has 0 N–H and O–H groups in total. The zero-order chi connectivity index (χ0) is 15.8. The van der Waals surface area contributed by atoms with Crippen molar-refractivity contribution in [2.75, 3.05) is 26.8 Å². The molecule has 120 valence electrons. The second kappa shape index (κ2) is 8.54. The van der Waals surface area contributed by atoms with Crippen LogP contribution in [0.5, 0.6) is 0 Å². The lowest BCUT2D eigenvalue weighted by Gasteiger charge is -2.25. The molecule has 1 amide bonds. The van der Waals surface area contributed by atoms with Gasteiger partial charge >= 0.3 is 5.97 Å². The molecule has 1 saturated heterocycles. The minimum atomic E-state index is -0.301. The summed E-state index contributed by atoms with van der Waals surface area (Å²) in [6.07, 6.45) is 2.63. The van der Waals surface area contributed by atoms with Gasteiger partial charge in [0.25, 0.3) is 0 Å². The molecule has 1 heterocycles. The van der Waals surface area contributed by atoms with Gasteiger partial charge < -0.3 is 14.4 Å². The molecule has 0 radical (unpaired) electrons. The average Bonchev–Trinajstić information content (AvgIpc) is 3.05. The Morgan fingerprint density at radius 2 is 2.09 bits per heavy atom. The Hall–Kier alpha value is -1.88. The van der Waals surface area contributed by atoms with Crippen molar-refractivity contribution in [2.45, 2.75) is 31.8 Å². The molecular formula is C17H23NO4. The van der Waals surface area contributed by atoms with Gasteiger partial charge in [-0.2, -0.15) is 0 Å². The highest BCUT2D eigenvalue weighted by Gasteiger charge is 2.23. The monoisotopic (exact) mass is 305 g/mol. The van der Waals surface area contributed by atoms with Crippen LogP contribution in [0.2, 0.25) is 0 Å². The first-order chi connectivity index (χ1) is 10.7. The maximum Gasteiger partial charge on any atom is 0.307 e. The van der Waals surface area contributed by atoms with Crippen LogP contribution >= 0.6 is 0 Å². The quantitative estimate of drug-likeness (QED) is 0.721. The zero-order valence-corrected chi connectivity index (χ0v) is 13.0. The summed E-state index contributed by atoms with van der Waals surface area (Å²) >= 11 is 0. The number of ether oxygens (including phenoxy) is 2. The Labute approximate surface area is 131 Å². The molecule has 5 nitrogen and oxygen atoms in total. The smallest absolute Gasteiger partial charge is 0.307 e. The van der Waals surface area contributed by atoms with Crippen molar-refractivity contribution in [3.63, 3.8) is 0 Å². The number of hydrogen-bond donors (Lipinski definition) is 0. The third kappa shape index (κ3) is 5.15. The fraction of sp³-hybridized carbons (Fsp3) is 0.529.